The zero-order valence-corrected chi connectivity index (χ0v) is 21.7. The van der Waals surface area contributed by atoms with Gasteiger partial charge in [-0.05, 0) is 55.8 Å². The first-order valence-corrected chi connectivity index (χ1v) is 12.2. The fourth-order valence-corrected chi connectivity index (χ4v) is 4.08. The lowest BCUT2D eigenvalue weighted by molar-refractivity contribution is -0.137. The molecule has 0 saturated carbocycles. The number of rotatable bonds is 9. The molecule has 0 unspecified atom stereocenters. The number of pyridine rings is 1. The number of hydrogen-bond donors (Lipinski definition) is 1. The minimum absolute atomic E-state index is 0.0734. The molecule has 2 aromatic carbocycles. The number of ketones is 1. The lowest BCUT2D eigenvalue weighted by Crippen LogP contribution is -2.20. The van der Waals surface area contributed by atoms with E-state index < -0.39 is 11.7 Å². The number of Topliss-reactive ketones (excluding diaryl/α,β-unsaturated/α-hetero) is 1. The molecule has 202 valence electrons. The summed E-state index contributed by atoms with van der Waals surface area (Å²) in [6.07, 6.45) is -4.22. The van der Waals surface area contributed by atoms with Crippen molar-refractivity contribution >= 4 is 11.7 Å². The summed E-state index contributed by atoms with van der Waals surface area (Å²) in [5.41, 5.74) is 3.98. The average Bonchev–Trinajstić information content (AvgIpc) is 3.18. The third kappa shape index (κ3) is 6.70. The van der Waals surface area contributed by atoms with Crippen molar-refractivity contribution < 1.29 is 27.5 Å². The summed E-state index contributed by atoms with van der Waals surface area (Å²) in [6, 6.07) is 16.6. The summed E-state index contributed by atoms with van der Waals surface area (Å²) in [5, 5.41) is 7.13. The van der Waals surface area contributed by atoms with E-state index in [2.05, 4.69) is 15.4 Å². The van der Waals surface area contributed by atoms with Crippen LogP contribution in [0.3, 0.4) is 0 Å². The van der Waals surface area contributed by atoms with Crippen molar-refractivity contribution in [1.82, 2.24) is 20.1 Å². The van der Waals surface area contributed by atoms with Crippen LogP contribution in [0.2, 0.25) is 0 Å². The van der Waals surface area contributed by atoms with E-state index in [9.17, 15) is 22.8 Å². The van der Waals surface area contributed by atoms with Crippen LogP contribution in [0.5, 0.6) is 5.75 Å². The molecule has 1 amide bonds. The molecule has 4 aromatic rings. The SMILES string of the molecule is CNC(=O)c1cccc(Cn2nc(C)c(CC(=O)c3ccc(COc4ccc(C(F)(F)F)cc4)cc3)c2C)n1. The van der Waals surface area contributed by atoms with Gasteiger partial charge in [-0.15, -0.1) is 0 Å². The first-order valence-electron chi connectivity index (χ1n) is 12.2. The van der Waals surface area contributed by atoms with Crippen LogP contribution in [0.25, 0.3) is 0 Å². The molecule has 7 nitrogen and oxygen atoms in total. The molecule has 2 aromatic heterocycles. The summed E-state index contributed by atoms with van der Waals surface area (Å²) in [6.45, 7) is 4.26. The van der Waals surface area contributed by atoms with Crippen LogP contribution in [0.1, 0.15) is 54.6 Å². The molecule has 1 N–H and O–H groups in total. The number of amides is 1. The Bertz CT molecular complexity index is 1480. The Morgan fingerprint density at radius 2 is 1.67 bits per heavy atom. The van der Waals surface area contributed by atoms with Gasteiger partial charge in [-0.25, -0.2) is 4.98 Å². The molecule has 39 heavy (non-hydrogen) atoms. The number of hydrogen-bond acceptors (Lipinski definition) is 5. The second kappa shape index (κ2) is 11.5. The van der Waals surface area contributed by atoms with Crippen molar-refractivity contribution in [2.24, 2.45) is 0 Å². The van der Waals surface area contributed by atoms with Gasteiger partial charge in [-0.3, -0.25) is 14.3 Å². The van der Waals surface area contributed by atoms with Crippen LogP contribution in [0, 0.1) is 13.8 Å². The van der Waals surface area contributed by atoms with E-state index in [1.54, 1.807) is 48.1 Å². The molecule has 4 rings (SSSR count). The second-order valence-corrected chi connectivity index (χ2v) is 9.01. The molecule has 0 aliphatic carbocycles. The number of ether oxygens (including phenoxy) is 1. The topological polar surface area (TPSA) is 86.1 Å². The number of alkyl halides is 3. The van der Waals surface area contributed by atoms with Crippen LogP contribution in [-0.2, 0) is 25.7 Å². The van der Waals surface area contributed by atoms with E-state index in [4.69, 9.17) is 4.74 Å². The van der Waals surface area contributed by atoms with Gasteiger partial charge in [-0.2, -0.15) is 18.3 Å². The minimum Gasteiger partial charge on any atom is -0.489 e. The van der Waals surface area contributed by atoms with Crippen LogP contribution < -0.4 is 10.1 Å². The van der Waals surface area contributed by atoms with Crippen LogP contribution in [-0.4, -0.2) is 33.5 Å². The van der Waals surface area contributed by atoms with Gasteiger partial charge in [0, 0.05) is 30.3 Å². The first kappa shape index (κ1) is 27.6. The highest BCUT2D eigenvalue weighted by Gasteiger charge is 2.30. The predicted octanol–water partition coefficient (Wildman–Crippen LogP) is 5.33. The number of carbonyl (C=O) groups is 2. The Morgan fingerprint density at radius 1 is 0.974 bits per heavy atom. The fraction of sp³-hybridized carbons (Fsp3) is 0.241. The highest BCUT2D eigenvalue weighted by atomic mass is 19.4. The van der Waals surface area contributed by atoms with Gasteiger partial charge >= 0.3 is 6.18 Å². The first-order chi connectivity index (χ1) is 18.5. The van der Waals surface area contributed by atoms with Gasteiger partial charge in [0.1, 0.15) is 18.1 Å². The van der Waals surface area contributed by atoms with Crippen LogP contribution in [0.15, 0.2) is 66.7 Å². The lowest BCUT2D eigenvalue weighted by atomic mass is 10.0. The molecule has 2 heterocycles. The van der Waals surface area contributed by atoms with E-state index >= 15 is 0 Å². The highest BCUT2D eigenvalue weighted by molar-refractivity contribution is 5.97. The van der Waals surface area contributed by atoms with Crippen molar-refractivity contribution in [3.8, 4) is 5.75 Å². The Hall–Kier alpha value is -4.47. The highest BCUT2D eigenvalue weighted by Crippen LogP contribution is 2.30. The number of carbonyl (C=O) groups excluding carboxylic acids is 2. The number of halogens is 3. The van der Waals surface area contributed by atoms with E-state index in [0.717, 1.165) is 34.6 Å². The standard InChI is InChI=1S/C29H27F3N4O3/c1-18-25(19(2)36(35-18)16-23-5-4-6-26(34-23)28(38)33-3)15-27(37)21-9-7-20(8-10-21)17-39-24-13-11-22(12-14-24)29(30,31)32/h4-14H,15-17H2,1-3H3,(H,33,38). The summed E-state index contributed by atoms with van der Waals surface area (Å²) >= 11 is 0. The fourth-order valence-electron chi connectivity index (χ4n) is 4.08. The van der Waals surface area contributed by atoms with Crippen molar-refractivity contribution in [3.63, 3.8) is 0 Å². The molecular formula is C29H27F3N4O3. The van der Waals surface area contributed by atoms with Gasteiger partial charge in [0.05, 0.1) is 23.5 Å². The largest absolute Gasteiger partial charge is 0.489 e. The monoisotopic (exact) mass is 536 g/mol. The molecule has 0 spiro atoms. The predicted molar refractivity (Wildman–Crippen MR) is 139 cm³/mol. The normalized spacial score (nSPS) is 11.3. The molecule has 0 aliphatic rings. The van der Waals surface area contributed by atoms with E-state index in [0.29, 0.717) is 29.2 Å². The summed E-state index contributed by atoms with van der Waals surface area (Å²) in [5.74, 6) is -0.0222. The smallest absolute Gasteiger partial charge is 0.416 e. The van der Waals surface area contributed by atoms with Gasteiger partial charge < -0.3 is 10.1 Å². The summed E-state index contributed by atoms with van der Waals surface area (Å²) < 4.78 is 45.5. The van der Waals surface area contributed by atoms with Crippen molar-refractivity contribution in [2.75, 3.05) is 7.05 Å². The zero-order chi connectivity index (χ0) is 28.2. The number of nitrogens with one attached hydrogen (secondary N) is 1. The average molecular weight is 537 g/mol. The van der Waals surface area contributed by atoms with Gasteiger partial charge in [0.15, 0.2) is 5.78 Å². The molecule has 0 radical (unpaired) electrons. The molecular weight excluding hydrogens is 509 g/mol. The zero-order valence-electron chi connectivity index (χ0n) is 21.7. The molecule has 0 aliphatic heterocycles. The third-order valence-corrected chi connectivity index (χ3v) is 6.31. The lowest BCUT2D eigenvalue weighted by Gasteiger charge is -2.10. The van der Waals surface area contributed by atoms with Crippen molar-refractivity contribution in [2.45, 2.75) is 39.6 Å². The Kier molecular flexibility index (Phi) is 8.13. The third-order valence-electron chi connectivity index (χ3n) is 6.31. The summed E-state index contributed by atoms with van der Waals surface area (Å²) in [4.78, 5) is 29.3. The van der Waals surface area contributed by atoms with Gasteiger partial charge in [0.25, 0.3) is 5.91 Å². The molecule has 0 atom stereocenters. The Balaban J connectivity index is 1.38. The maximum absolute atomic E-state index is 13.0. The maximum Gasteiger partial charge on any atom is 0.416 e. The molecule has 10 heteroatoms. The molecule has 0 fully saturated rings. The van der Waals surface area contributed by atoms with Crippen LogP contribution >= 0.6 is 0 Å². The Morgan fingerprint density at radius 3 is 2.31 bits per heavy atom. The summed E-state index contributed by atoms with van der Waals surface area (Å²) in [7, 11) is 1.55. The molecule has 0 saturated heterocycles. The number of nitrogens with zero attached hydrogens (tertiary/aromatic N) is 3. The number of benzene rings is 2. The Labute approximate surface area is 223 Å². The minimum atomic E-state index is -4.40. The maximum atomic E-state index is 13.0. The van der Waals surface area contributed by atoms with Crippen molar-refractivity contribution in [1.29, 1.82) is 0 Å². The van der Waals surface area contributed by atoms with Gasteiger partial charge in [0.2, 0.25) is 0 Å². The second-order valence-electron chi connectivity index (χ2n) is 9.01. The van der Waals surface area contributed by atoms with E-state index in [1.807, 2.05) is 19.9 Å². The quantitative estimate of drug-likeness (QED) is 0.293. The molecule has 0 bridgehead atoms. The van der Waals surface area contributed by atoms with Crippen molar-refractivity contribution in [3.05, 3.63) is 112 Å². The van der Waals surface area contributed by atoms with Gasteiger partial charge in [-0.1, -0.05) is 30.3 Å². The number of aromatic nitrogens is 3. The van der Waals surface area contributed by atoms with Crippen LogP contribution in [0.4, 0.5) is 13.2 Å². The van der Waals surface area contributed by atoms with E-state index in [-0.39, 0.29) is 24.7 Å². The van der Waals surface area contributed by atoms with E-state index in [1.165, 1.54) is 12.1 Å². The number of aryl methyl sites for hydroxylation is 1.